The van der Waals surface area contributed by atoms with E-state index in [0.717, 1.165) is 18.3 Å². The summed E-state index contributed by atoms with van der Waals surface area (Å²) in [5.74, 6) is -0.371. The highest BCUT2D eigenvalue weighted by Crippen LogP contribution is 2.34. The van der Waals surface area contributed by atoms with Crippen LogP contribution in [-0.2, 0) is 16.2 Å². The summed E-state index contributed by atoms with van der Waals surface area (Å²) < 4.78 is 74.7. The second kappa shape index (κ2) is 10.4. The molecule has 2 aromatic carbocycles. The highest BCUT2D eigenvalue weighted by Gasteiger charge is 2.36. The molecule has 3 N–H and O–H groups in total. The minimum absolute atomic E-state index is 0.0203. The van der Waals surface area contributed by atoms with Crippen LogP contribution >= 0.6 is 11.6 Å². The number of hydrogen-bond acceptors (Lipinski definition) is 7. The largest absolute Gasteiger partial charge is 0.433 e. The fourth-order valence-electron chi connectivity index (χ4n) is 3.42. The molecule has 0 radical (unpaired) electrons. The number of aromatic nitrogens is 3. The summed E-state index contributed by atoms with van der Waals surface area (Å²) in [6, 6.07) is 11.9. The molecule has 39 heavy (non-hydrogen) atoms. The highest BCUT2D eigenvalue weighted by atomic mass is 35.5. The van der Waals surface area contributed by atoms with E-state index < -0.39 is 40.1 Å². The summed E-state index contributed by atoms with van der Waals surface area (Å²) >= 11 is 5.87. The van der Waals surface area contributed by atoms with Crippen LogP contribution in [-0.4, -0.2) is 46.4 Å². The summed E-state index contributed by atoms with van der Waals surface area (Å²) in [5.41, 5.74) is -2.38. The number of fused-ring (bicyclic) bond motifs is 1. The van der Waals surface area contributed by atoms with Crippen LogP contribution in [0.25, 0.3) is 16.9 Å². The van der Waals surface area contributed by atoms with Crippen LogP contribution in [0.2, 0.25) is 5.02 Å². The molecule has 0 atom stereocenters. The zero-order chi connectivity index (χ0) is 28.6. The summed E-state index contributed by atoms with van der Waals surface area (Å²) in [7, 11) is -4.06. The molecule has 0 fully saturated rings. The lowest BCUT2D eigenvalue weighted by Crippen LogP contribution is -2.46. The zero-order valence-corrected chi connectivity index (χ0v) is 21.9. The van der Waals surface area contributed by atoms with Gasteiger partial charge >= 0.3 is 12.3 Å². The topological polar surface area (TPSA) is 135 Å². The number of halogens is 4. The van der Waals surface area contributed by atoms with Gasteiger partial charge in [-0.05, 0) is 50.2 Å². The van der Waals surface area contributed by atoms with Crippen LogP contribution in [0.3, 0.4) is 0 Å². The minimum atomic E-state index is -4.81. The van der Waals surface area contributed by atoms with Crippen LogP contribution in [0.15, 0.2) is 65.7 Å². The lowest BCUT2D eigenvalue weighted by Gasteiger charge is -2.23. The third-order valence-electron chi connectivity index (χ3n) is 5.27. The normalized spacial score (nSPS) is 12.5. The number of rotatable bonds is 7. The Morgan fingerprint density at radius 1 is 1.13 bits per heavy atom. The number of sulfonamides is 1. The number of ether oxygens (including phenoxy) is 1. The van der Waals surface area contributed by atoms with Crippen molar-refractivity contribution in [3.63, 3.8) is 0 Å². The fourth-order valence-corrected chi connectivity index (χ4v) is 5.00. The number of carbonyl (C=O) groups excluding carboxylic acids is 1. The van der Waals surface area contributed by atoms with E-state index >= 15 is 0 Å². The van der Waals surface area contributed by atoms with Crippen LogP contribution in [0, 0.1) is 0 Å². The minimum Gasteiger partial charge on any atom is -0.404 e. The summed E-state index contributed by atoms with van der Waals surface area (Å²) in [5, 5.41) is 15.7. The molecule has 2 aromatic heterocycles. The number of amides is 1. The summed E-state index contributed by atoms with van der Waals surface area (Å²) in [6.45, 7) is 2.51. The Hall–Kier alpha value is -3.72. The molecular weight excluding hydrogens is 563 g/mol. The van der Waals surface area contributed by atoms with Crippen molar-refractivity contribution in [3.8, 4) is 17.0 Å². The molecule has 1 amide bonds. The van der Waals surface area contributed by atoms with Crippen molar-refractivity contribution in [2.45, 2.75) is 30.5 Å². The van der Waals surface area contributed by atoms with Crippen LogP contribution in [0.5, 0.6) is 5.75 Å². The molecule has 0 saturated heterocycles. The lowest BCUT2D eigenvalue weighted by molar-refractivity contribution is -0.142. The molecule has 0 bridgehead atoms. The SMILES string of the molecule is CC(C)(CO)NS(=O)(=O)c1cccc(NC(=O)Oc2cnn3c(C(F)(F)F)cc(-c4ccc(Cl)cc4)nc23)c1. The van der Waals surface area contributed by atoms with Crippen molar-refractivity contribution in [2.24, 2.45) is 0 Å². The second-order valence-corrected chi connectivity index (χ2v) is 11.1. The number of aliphatic hydroxyl groups is 1. The van der Waals surface area contributed by atoms with Crippen molar-refractivity contribution in [2.75, 3.05) is 11.9 Å². The van der Waals surface area contributed by atoms with Gasteiger partial charge in [-0.25, -0.2) is 27.4 Å². The van der Waals surface area contributed by atoms with Crippen molar-refractivity contribution in [1.29, 1.82) is 0 Å². The first-order valence-corrected chi connectivity index (χ1v) is 13.0. The van der Waals surface area contributed by atoms with E-state index in [9.17, 15) is 31.5 Å². The van der Waals surface area contributed by atoms with Crippen molar-refractivity contribution in [3.05, 3.63) is 71.5 Å². The Balaban J connectivity index is 1.63. The number of alkyl halides is 3. The Labute approximate surface area is 225 Å². The van der Waals surface area contributed by atoms with Gasteiger partial charge in [0.2, 0.25) is 10.0 Å². The molecule has 0 spiro atoms. The molecule has 206 valence electrons. The Kier molecular flexibility index (Phi) is 7.58. The molecule has 10 nitrogen and oxygen atoms in total. The van der Waals surface area contributed by atoms with Crippen molar-refractivity contribution < 1.29 is 36.2 Å². The summed E-state index contributed by atoms with van der Waals surface area (Å²) in [4.78, 5) is 16.6. The number of hydrogen-bond donors (Lipinski definition) is 3. The smallest absolute Gasteiger partial charge is 0.404 e. The van der Waals surface area contributed by atoms with E-state index in [4.69, 9.17) is 16.3 Å². The number of carbonyl (C=O) groups is 1. The molecule has 4 rings (SSSR count). The number of benzene rings is 2. The van der Waals surface area contributed by atoms with Gasteiger partial charge in [-0.1, -0.05) is 29.8 Å². The maximum atomic E-state index is 13.8. The molecule has 0 aliphatic rings. The standard InChI is InChI=1S/C24H21ClF3N5O5S/c1-23(2,13-34)32-39(36,37)17-5-3-4-16(10-17)30-22(35)38-19-12-29-33-20(24(26,27)28)11-18(31-21(19)33)14-6-8-15(25)9-7-14/h3-12,32,34H,13H2,1-2H3,(H,30,35). The van der Waals surface area contributed by atoms with Crippen LogP contribution in [0.4, 0.5) is 23.7 Å². The number of nitrogens with one attached hydrogen (secondary N) is 2. The van der Waals surface area contributed by atoms with Crippen LogP contribution in [0.1, 0.15) is 19.5 Å². The average Bonchev–Trinajstić information content (AvgIpc) is 3.25. The van der Waals surface area contributed by atoms with Gasteiger partial charge in [0.25, 0.3) is 0 Å². The highest BCUT2D eigenvalue weighted by molar-refractivity contribution is 7.89. The molecule has 0 saturated carbocycles. The molecule has 15 heteroatoms. The first-order valence-electron chi connectivity index (χ1n) is 11.1. The molecule has 0 unspecified atom stereocenters. The molecule has 4 aromatic rings. The van der Waals surface area contributed by atoms with E-state index in [1.165, 1.54) is 56.3 Å². The van der Waals surface area contributed by atoms with Crippen LogP contribution < -0.4 is 14.8 Å². The second-order valence-electron chi connectivity index (χ2n) is 8.97. The predicted octanol–water partition coefficient (Wildman–Crippen LogP) is 4.73. The predicted molar refractivity (Wildman–Crippen MR) is 136 cm³/mol. The zero-order valence-electron chi connectivity index (χ0n) is 20.3. The van der Waals surface area contributed by atoms with E-state index in [2.05, 4.69) is 20.1 Å². The fraction of sp³-hybridized carbons (Fsp3) is 0.208. The van der Waals surface area contributed by atoms with Gasteiger partial charge in [0, 0.05) is 16.3 Å². The van der Waals surface area contributed by atoms with Gasteiger partial charge in [0.1, 0.15) is 0 Å². The van der Waals surface area contributed by atoms with Gasteiger partial charge in [-0.15, -0.1) is 0 Å². The van der Waals surface area contributed by atoms with E-state index in [1.807, 2.05) is 0 Å². The van der Waals surface area contributed by atoms with Gasteiger partial charge in [-0.3, -0.25) is 5.32 Å². The first-order chi connectivity index (χ1) is 18.2. The monoisotopic (exact) mass is 583 g/mol. The third kappa shape index (κ3) is 6.47. The number of nitrogens with zero attached hydrogens (tertiary/aromatic N) is 3. The number of aliphatic hydroxyl groups excluding tert-OH is 1. The first kappa shape index (κ1) is 28.3. The van der Waals surface area contributed by atoms with E-state index in [0.29, 0.717) is 15.1 Å². The quantitative estimate of drug-likeness (QED) is 0.286. The van der Waals surface area contributed by atoms with Gasteiger partial charge < -0.3 is 9.84 Å². The Morgan fingerprint density at radius 2 is 1.82 bits per heavy atom. The van der Waals surface area contributed by atoms with E-state index in [1.54, 1.807) is 0 Å². The number of anilines is 1. The van der Waals surface area contributed by atoms with Crippen molar-refractivity contribution in [1.82, 2.24) is 19.3 Å². The molecule has 0 aliphatic carbocycles. The maximum absolute atomic E-state index is 13.8. The third-order valence-corrected chi connectivity index (χ3v) is 7.22. The molecular formula is C24H21ClF3N5O5S. The molecule has 2 heterocycles. The average molecular weight is 584 g/mol. The maximum Gasteiger partial charge on any atom is 0.433 e. The Morgan fingerprint density at radius 3 is 2.46 bits per heavy atom. The Bertz CT molecular complexity index is 1640. The van der Waals surface area contributed by atoms with E-state index in [-0.39, 0.29) is 27.7 Å². The van der Waals surface area contributed by atoms with Gasteiger partial charge in [-0.2, -0.15) is 18.3 Å². The lowest BCUT2D eigenvalue weighted by atomic mass is 10.1. The van der Waals surface area contributed by atoms with Crippen molar-refractivity contribution >= 4 is 39.1 Å². The van der Waals surface area contributed by atoms with Gasteiger partial charge in [0.05, 0.1) is 28.9 Å². The van der Waals surface area contributed by atoms with Gasteiger partial charge in [0.15, 0.2) is 17.1 Å². The summed E-state index contributed by atoms with van der Waals surface area (Å²) in [6.07, 6.45) is -5.03. The molecule has 0 aliphatic heterocycles.